The molecule has 7 rings (SSSR count). The number of benzene rings is 1. The second kappa shape index (κ2) is 10.7. The SMILES string of the molecule is Cc1cc(N)c(F)c(C2Cc3nc(OC[C@@]45CCCN4C[C@H](F)C5)nc(N4CC[C@H]5CC[C@@H](C4)N5)c3CO2)c1C(F)(F)F. The van der Waals surface area contributed by atoms with Gasteiger partial charge in [-0.3, -0.25) is 4.90 Å². The highest BCUT2D eigenvalue weighted by Gasteiger charge is 2.49. The second-order valence-electron chi connectivity index (χ2n) is 12.9. The standard InChI is InChI=1S/C30H37F5N6O2/c1-16-9-21(36)26(32)24(25(16)30(33,34)35)23-10-22-20(14-42-23)27(40-8-5-18-3-4-19(13-40)37-18)39-28(38-22)43-15-29-6-2-7-41(29)12-17(31)11-29/h9,17-19,23,37H,2-8,10-15,36H2,1H3/t17-,18-,19+,23?,29+/m1/s1. The molecular formula is C30H37F5N6O2. The van der Waals surface area contributed by atoms with E-state index in [1.807, 2.05) is 0 Å². The van der Waals surface area contributed by atoms with Gasteiger partial charge in [0.25, 0.3) is 0 Å². The fourth-order valence-corrected chi connectivity index (χ4v) is 8.05. The van der Waals surface area contributed by atoms with Gasteiger partial charge < -0.3 is 25.4 Å². The summed E-state index contributed by atoms with van der Waals surface area (Å²) < 4.78 is 84.5. The molecule has 0 radical (unpaired) electrons. The van der Waals surface area contributed by atoms with Gasteiger partial charge in [-0.25, -0.2) is 8.78 Å². The first-order valence-corrected chi connectivity index (χ1v) is 15.2. The van der Waals surface area contributed by atoms with Crippen LogP contribution < -0.4 is 20.7 Å². The summed E-state index contributed by atoms with van der Waals surface area (Å²) in [5.74, 6) is -0.502. The third kappa shape index (κ3) is 5.20. The minimum atomic E-state index is -4.80. The van der Waals surface area contributed by atoms with Crippen LogP contribution in [0.2, 0.25) is 0 Å². The molecule has 1 unspecified atom stereocenters. The molecule has 0 spiro atoms. The summed E-state index contributed by atoms with van der Waals surface area (Å²) in [5.41, 5.74) is 4.29. The van der Waals surface area contributed by atoms with Gasteiger partial charge in [-0.1, -0.05) is 0 Å². The topological polar surface area (TPSA) is 88.8 Å². The third-order valence-corrected chi connectivity index (χ3v) is 10.0. The molecular weight excluding hydrogens is 571 g/mol. The number of hydrogen-bond donors (Lipinski definition) is 2. The number of alkyl halides is 4. The zero-order chi connectivity index (χ0) is 30.1. The molecule has 1 aromatic heterocycles. The van der Waals surface area contributed by atoms with E-state index in [0.29, 0.717) is 48.7 Å². The molecule has 0 aliphatic carbocycles. The van der Waals surface area contributed by atoms with Crippen molar-refractivity contribution in [2.24, 2.45) is 0 Å². The Morgan fingerprint density at radius 3 is 2.79 bits per heavy atom. The van der Waals surface area contributed by atoms with E-state index >= 15 is 4.39 Å². The van der Waals surface area contributed by atoms with Crippen LogP contribution in [0.1, 0.15) is 72.6 Å². The molecule has 5 aliphatic heterocycles. The monoisotopic (exact) mass is 608 g/mol. The first kappa shape index (κ1) is 29.0. The number of rotatable bonds is 5. The molecule has 5 aliphatic rings. The van der Waals surface area contributed by atoms with Gasteiger partial charge in [-0.2, -0.15) is 23.1 Å². The number of halogens is 5. The van der Waals surface area contributed by atoms with Crippen molar-refractivity contribution in [2.45, 2.75) is 94.6 Å². The summed E-state index contributed by atoms with van der Waals surface area (Å²) >= 11 is 0. The first-order chi connectivity index (χ1) is 20.5. The van der Waals surface area contributed by atoms with Gasteiger partial charge in [-0.05, 0) is 57.2 Å². The number of nitrogen functional groups attached to an aromatic ring is 1. The summed E-state index contributed by atoms with van der Waals surface area (Å²) in [6, 6.07) is 1.83. The quantitative estimate of drug-likeness (QED) is 0.376. The molecule has 4 saturated heterocycles. The molecule has 234 valence electrons. The van der Waals surface area contributed by atoms with Crippen molar-refractivity contribution in [3.8, 4) is 6.01 Å². The lowest BCUT2D eigenvalue weighted by molar-refractivity contribution is -0.140. The highest BCUT2D eigenvalue weighted by atomic mass is 19.4. The Balaban J connectivity index is 1.25. The number of nitrogens with two attached hydrogens (primary N) is 1. The van der Waals surface area contributed by atoms with Crippen LogP contribution in [-0.4, -0.2) is 71.4 Å². The Morgan fingerprint density at radius 2 is 1.98 bits per heavy atom. The number of aryl methyl sites for hydroxylation is 1. The van der Waals surface area contributed by atoms with Crippen LogP contribution in [0.4, 0.5) is 33.5 Å². The van der Waals surface area contributed by atoms with Crippen LogP contribution in [0.5, 0.6) is 6.01 Å². The molecule has 0 saturated carbocycles. The van der Waals surface area contributed by atoms with Gasteiger partial charge in [-0.15, -0.1) is 0 Å². The number of anilines is 2. The van der Waals surface area contributed by atoms with E-state index in [4.69, 9.17) is 20.2 Å². The van der Waals surface area contributed by atoms with E-state index < -0.39 is 40.9 Å². The molecule has 1 aromatic carbocycles. The lowest BCUT2D eigenvalue weighted by Crippen LogP contribution is -2.43. The molecule has 5 atom stereocenters. The van der Waals surface area contributed by atoms with Gasteiger partial charge in [0, 0.05) is 55.7 Å². The van der Waals surface area contributed by atoms with Crippen LogP contribution >= 0.6 is 0 Å². The van der Waals surface area contributed by atoms with E-state index in [1.165, 1.54) is 6.92 Å². The fourth-order valence-electron chi connectivity index (χ4n) is 8.05. The minimum Gasteiger partial charge on any atom is -0.461 e. The Labute approximate surface area is 247 Å². The average molecular weight is 609 g/mol. The van der Waals surface area contributed by atoms with Gasteiger partial charge in [0.05, 0.1) is 35.2 Å². The predicted molar refractivity (Wildman–Crippen MR) is 149 cm³/mol. The van der Waals surface area contributed by atoms with Crippen molar-refractivity contribution < 1.29 is 31.4 Å². The van der Waals surface area contributed by atoms with E-state index in [1.54, 1.807) is 0 Å². The van der Waals surface area contributed by atoms with Gasteiger partial charge in [0.1, 0.15) is 18.6 Å². The maximum atomic E-state index is 15.3. The molecule has 2 aromatic rings. The molecule has 6 heterocycles. The molecule has 0 amide bonds. The number of ether oxygens (including phenoxy) is 2. The lowest BCUT2D eigenvalue weighted by Gasteiger charge is -2.34. The summed E-state index contributed by atoms with van der Waals surface area (Å²) in [5, 5.41) is 3.65. The van der Waals surface area contributed by atoms with Crippen LogP contribution in [0, 0.1) is 12.7 Å². The summed E-state index contributed by atoms with van der Waals surface area (Å²) in [6.45, 7) is 4.06. The minimum absolute atomic E-state index is 0.0839. The molecule has 3 N–H and O–H groups in total. The number of aromatic nitrogens is 2. The number of hydrogen-bond acceptors (Lipinski definition) is 8. The van der Waals surface area contributed by atoms with Crippen LogP contribution in [0.15, 0.2) is 6.07 Å². The summed E-state index contributed by atoms with van der Waals surface area (Å²) in [4.78, 5) is 13.8. The van der Waals surface area contributed by atoms with Crippen LogP contribution in [-0.2, 0) is 23.9 Å². The Hall–Kier alpha value is -2.77. The molecule has 43 heavy (non-hydrogen) atoms. The van der Waals surface area contributed by atoms with Crippen molar-refractivity contribution in [1.82, 2.24) is 20.2 Å². The van der Waals surface area contributed by atoms with Crippen molar-refractivity contribution in [3.63, 3.8) is 0 Å². The zero-order valence-electron chi connectivity index (χ0n) is 24.2. The zero-order valence-corrected chi connectivity index (χ0v) is 24.2. The maximum absolute atomic E-state index is 15.3. The van der Waals surface area contributed by atoms with Crippen molar-refractivity contribution in [2.75, 3.05) is 43.4 Å². The van der Waals surface area contributed by atoms with Crippen LogP contribution in [0.3, 0.4) is 0 Å². The van der Waals surface area contributed by atoms with Gasteiger partial charge in [0.2, 0.25) is 0 Å². The predicted octanol–water partition coefficient (Wildman–Crippen LogP) is 4.63. The summed E-state index contributed by atoms with van der Waals surface area (Å²) in [6.07, 6.45) is -1.82. The normalized spacial score (nSPS) is 30.8. The molecule has 2 bridgehead atoms. The maximum Gasteiger partial charge on any atom is 0.417 e. The third-order valence-electron chi connectivity index (χ3n) is 10.0. The Bertz CT molecular complexity index is 1410. The Kier molecular flexibility index (Phi) is 7.20. The second-order valence-corrected chi connectivity index (χ2v) is 12.9. The number of nitrogens with one attached hydrogen (secondary N) is 1. The molecule has 4 fully saturated rings. The Morgan fingerprint density at radius 1 is 1.16 bits per heavy atom. The molecule has 13 heteroatoms. The summed E-state index contributed by atoms with van der Waals surface area (Å²) in [7, 11) is 0. The van der Waals surface area contributed by atoms with E-state index in [2.05, 4.69) is 20.1 Å². The van der Waals surface area contributed by atoms with E-state index in [0.717, 1.165) is 51.3 Å². The van der Waals surface area contributed by atoms with Gasteiger partial charge >= 0.3 is 12.2 Å². The first-order valence-electron chi connectivity index (χ1n) is 15.2. The van der Waals surface area contributed by atoms with Crippen molar-refractivity contribution in [1.29, 1.82) is 0 Å². The number of nitrogens with zero attached hydrogens (tertiary/aromatic N) is 4. The highest BCUT2D eigenvalue weighted by Crippen LogP contribution is 2.45. The largest absolute Gasteiger partial charge is 0.461 e. The lowest BCUT2D eigenvalue weighted by atomic mass is 9.91. The fraction of sp³-hybridized carbons (Fsp3) is 0.667. The van der Waals surface area contributed by atoms with Gasteiger partial charge in [0.15, 0.2) is 5.82 Å². The van der Waals surface area contributed by atoms with E-state index in [9.17, 15) is 17.6 Å². The average Bonchev–Trinajstić information content (AvgIpc) is 3.58. The van der Waals surface area contributed by atoms with Crippen LogP contribution in [0.25, 0.3) is 0 Å². The van der Waals surface area contributed by atoms with E-state index in [-0.39, 0.29) is 36.9 Å². The highest BCUT2D eigenvalue weighted by molar-refractivity contribution is 5.55. The molecule has 8 nitrogen and oxygen atoms in total. The smallest absolute Gasteiger partial charge is 0.417 e. The number of fused-ring (bicyclic) bond motifs is 4. The van der Waals surface area contributed by atoms with Crippen molar-refractivity contribution >= 4 is 11.5 Å². The van der Waals surface area contributed by atoms with Crippen molar-refractivity contribution in [3.05, 3.63) is 39.8 Å².